The Balaban J connectivity index is 1.76. The van der Waals surface area contributed by atoms with Gasteiger partial charge in [-0.1, -0.05) is 63.7 Å². The minimum absolute atomic E-state index is 0.260. The van der Waals surface area contributed by atoms with Crippen molar-refractivity contribution in [1.82, 2.24) is 0 Å². The second-order valence-electron chi connectivity index (χ2n) is 8.34. The van der Waals surface area contributed by atoms with Crippen molar-refractivity contribution in [3.63, 3.8) is 0 Å². The normalized spacial score (nSPS) is 31.4. The monoisotopic (exact) mass is 346 g/mol. The summed E-state index contributed by atoms with van der Waals surface area (Å²) in [6.07, 6.45) is 21.5. The molecule has 25 heavy (non-hydrogen) atoms. The van der Waals surface area contributed by atoms with Gasteiger partial charge in [-0.25, -0.2) is 4.79 Å². The Labute approximate surface area is 154 Å². The minimum Gasteiger partial charge on any atom is -0.478 e. The lowest BCUT2D eigenvalue weighted by atomic mass is 9.68. The number of hydrogen-bond acceptors (Lipinski definition) is 1. The van der Waals surface area contributed by atoms with Gasteiger partial charge in [-0.3, -0.25) is 0 Å². The van der Waals surface area contributed by atoms with Crippen LogP contribution in [0.25, 0.3) is 0 Å². The van der Waals surface area contributed by atoms with E-state index < -0.39 is 5.97 Å². The number of hydrogen-bond donors (Lipinski definition) is 1. The van der Waals surface area contributed by atoms with Crippen molar-refractivity contribution in [2.24, 2.45) is 23.7 Å². The first-order valence-corrected chi connectivity index (χ1v) is 10.7. The average Bonchev–Trinajstić information content (AvgIpc) is 2.63. The number of carbonyl (C=O) groups is 1. The lowest BCUT2D eigenvalue weighted by Crippen LogP contribution is -2.27. The number of unbranched alkanes of at least 4 members (excludes halogenated alkanes) is 2. The Morgan fingerprint density at radius 2 is 1.56 bits per heavy atom. The quantitative estimate of drug-likeness (QED) is 0.299. The van der Waals surface area contributed by atoms with E-state index in [4.69, 9.17) is 0 Å². The Morgan fingerprint density at radius 3 is 2.08 bits per heavy atom. The number of carboxylic acid groups (broad SMARTS) is 1. The van der Waals surface area contributed by atoms with Crippen molar-refractivity contribution in [1.29, 1.82) is 0 Å². The number of aliphatic carboxylic acids is 1. The van der Waals surface area contributed by atoms with Crippen LogP contribution in [0.3, 0.4) is 0 Å². The van der Waals surface area contributed by atoms with Crippen LogP contribution >= 0.6 is 0 Å². The molecule has 0 heterocycles. The Hall–Kier alpha value is -1.05. The van der Waals surface area contributed by atoms with Crippen LogP contribution < -0.4 is 0 Å². The van der Waals surface area contributed by atoms with Crippen molar-refractivity contribution in [2.75, 3.05) is 0 Å². The first-order chi connectivity index (χ1) is 12.2. The SMILES string of the molecule is C/C=C/C=C(/C(=O)O)C1CCC(C2CCC(CCCCC)CC2)CC1. The highest BCUT2D eigenvalue weighted by atomic mass is 16.4. The van der Waals surface area contributed by atoms with Crippen molar-refractivity contribution in [3.05, 3.63) is 23.8 Å². The van der Waals surface area contributed by atoms with Crippen LogP contribution in [0.4, 0.5) is 0 Å². The molecule has 0 radical (unpaired) electrons. The van der Waals surface area contributed by atoms with Gasteiger partial charge in [0.2, 0.25) is 0 Å². The molecule has 0 unspecified atom stereocenters. The molecule has 1 N–H and O–H groups in total. The van der Waals surface area contributed by atoms with Crippen LogP contribution in [0.1, 0.15) is 90.9 Å². The van der Waals surface area contributed by atoms with Crippen LogP contribution in [0.5, 0.6) is 0 Å². The predicted molar refractivity (Wildman–Crippen MR) is 106 cm³/mol. The summed E-state index contributed by atoms with van der Waals surface area (Å²) < 4.78 is 0. The zero-order chi connectivity index (χ0) is 18.1. The van der Waals surface area contributed by atoms with Crippen molar-refractivity contribution < 1.29 is 9.90 Å². The molecule has 0 aromatic heterocycles. The zero-order valence-corrected chi connectivity index (χ0v) is 16.4. The highest BCUT2D eigenvalue weighted by molar-refractivity contribution is 5.87. The predicted octanol–water partition coefficient (Wildman–Crippen LogP) is 6.77. The molecule has 0 spiro atoms. The summed E-state index contributed by atoms with van der Waals surface area (Å²) >= 11 is 0. The van der Waals surface area contributed by atoms with Gasteiger partial charge in [0.25, 0.3) is 0 Å². The molecule has 0 aliphatic heterocycles. The van der Waals surface area contributed by atoms with Crippen LogP contribution in [0, 0.1) is 23.7 Å². The number of rotatable bonds is 8. The third-order valence-corrected chi connectivity index (χ3v) is 6.70. The van der Waals surface area contributed by atoms with Gasteiger partial charge in [0.1, 0.15) is 0 Å². The largest absolute Gasteiger partial charge is 0.478 e. The molecule has 0 saturated heterocycles. The maximum Gasteiger partial charge on any atom is 0.331 e. The first-order valence-electron chi connectivity index (χ1n) is 10.7. The fourth-order valence-corrected chi connectivity index (χ4v) is 5.11. The third-order valence-electron chi connectivity index (χ3n) is 6.70. The molecule has 0 aromatic carbocycles. The summed E-state index contributed by atoms with van der Waals surface area (Å²) in [4.78, 5) is 11.5. The van der Waals surface area contributed by atoms with E-state index in [9.17, 15) is 9.90 Å². The van der Waals surface area contributed by atoms with E-state index in [2.05, 4.69) is 6.92 Å². The van der Waals surface area contributed by atoms with E-state index in [0.29, 0.717) is 5.57 Å². The molecule has 2 nitrogen and oxygen atoms in total. The Morgan fingerprint density at radius 1 is 0.960 bits per heavy atom. The molecule has 0 aromatic rings. The third kappa shape index (κ3) is 6.31. The Kier molecular flexibility index (Phi) is 8.78. The van der Waals surface area contributed by atoms with Gasteiger partial charge in [0.15, 0.2) is 0 Å². The van der Waals surface area contributed by atoms with Gasteiger partial charge in [-0.05, 0) is 69.1 Å². The van der Waals surface area contributed by atoms with Crippen molar-refractivity contribution in [2.45, 2.75) is 90.9 Å². The van der Waals surface area contributed by atoms with Gasteiger partial charge in [0, 0.05) is 5.57 Å². The van der Waals surface area contributed by atoms with E-state index in [-0.39, 0.29) is 5.92 Å². The minimum atomic E-state index is -0.728. The average molecular weight is 347 g/mol. The lowest BCUT2D eigenvalue weighted by Gasteiger charge is -2.38. The standard InChI is InChI=1S/C23H38O2/c1-3-5-7-8-18-10-12-19(13-11-18)20-14-16-21(17-15-20)22(23(24)25)9-6-4-2/h4,6,9,18-21H,3,5,7-8,10-17H2,1-2H3,(H,24,25)/b6-4+,22-9+. The highest BCUT2D eigenvalue weighted by Crippen LogP contribution is 2.43. The molecular formula is C23H38O2. The molecule has 2 aliphatic carbocycles. The highest BCUT2D eigenvalue weighted by Gasteiger charge is 2.32. The van der Waals surface area contributed by atoms with Crippen molar-refractivity contribution >= 4 is 5.97 Å². The molecule has 2 heteroatoms. The van der Waals surface area contributed by atoms with Crippen LogP contribution in [-0.2, 0) is 4.79 Å². The van der Waals surface area contributed by atoms with Crippen molar-refractivity contribution in [3.8, 4) is 0 Å². The Bertz CT molecular complexity index is 447. The van der Waals surface area contributed by atoms with Crippen LogP contribution in [0.2, 0.25) is 0 Å². The molecule has 2 saturated carbocycles. The van der Waals surface area contributed by atoms with Gasteiger partial charge in [0.05, 0.1) is 0 Å². The summed E-state index contributed by atoms with van der Waals surface area (Å²) in [6, 6.07) is 0. The molecule has 0 amide bonds. The van der Waals surface area contributed by atoms with Crippen LogP contribution in [-0.4, -0.2) is 11.1 Å². The molecule has 142 valence electrons. The van der Waals surface area contributed by atoms with Gasteiger partial charge in [-0.15, -0.1) is 0 Å². The summed E-state index contributed by atoms with van der Waals surface area (Å²) in [5.41, 5.74) is 0.621. The topological polar surface area (TPSA) is 37.3 Å². The second kappa shape index (κ2) is 10.8. The van der Waals surface area contributed by atoms with E-state index in [1.54, 1.807) is 0 Å². The van der Waals surface area contributed by atoms with E-state index >= 15 is 0 Å². The first kappa shape index (κ1) is 20.3. The summed E-state index contributed by atoms with van der Waals surface area (Å²) in [7, 11) is 0. The zero-order valence-electron chi connectivity index (χ0n) is 16.4. The van der Waals surface area contributed by atoms with Gasteiger partial charge in [-0.2, -0.15) is 0 Å². The molecular weight excluding hydrogens is 308 g/mol. The number of allylic oxidation sites excluding steroid dienone is 3. The summed E-state index contributed by atoms with van der Waals surface area (Å²) in [5.74, 6) is 2.28. The molecule has 0 bridgehead atoms. The molecule has 0 atom stereocenters. The smallest absolute Gasteiger partial charge is 0.331 e. The fourth-order valence-electron chi connectivity index (χ4n) is 5.11. The maximum absolute atomic E-state index is 11.5. The van der Waals surface area contributed by atoms with E-state index in [1.807, 2.05) is 25.2 Å². The fraction of sp³-hybridized carbons (Fsp3) is 0.783. The molecule has 2 rings (SSSR count). The lowest BCUT2D eigenvalue weighted by molar-refractivity contribution is -0.133. The van der Waals surface area contributed by atoms with E-state index in [0.717, 1.165) is 30.6 Å². The summed E-state index contributed by atoms with van der Waals surface area (Å²) in [6.45, 7) is 4.22. The summed E-state index contributed by atoms with van der Waals surface area (Å²) in [5, 5.41) is 9.48. The van der Waals surface area contributed by atoms with Gasteiger partial charge < -0.3 is 5.11 Å². The maximum atomic E-state index is 11.5. The van der Waals surface area contributed by atoms with Gasteiger partial charge >= 0.3 is 5.97 Å². The second-order valence-corrected chi connectivity index (χ2v) is 8.34. The number of carboxylic acids is 1. The van der Waals surface area contributed by atoms with E-state index in [1.165, 1.54) is 64.2 Å². The van der Waals surface area contributed by atoms with Crippen LogP contribution in [0.15, 0.2) is 23.8 Å². The molecule has 2 fully saturated rings. The molecule has 2 aliphatic rings.